The van der Waals surface area contributed by atoms with Crippen molar-refractivity contribution in [2.45, 2.75) is 13.1 Å². The maximum absolute atomic E-state index is 13.3. The van der Waals surface area contributed by atoms with E-state index < -0.39 is 0 Å². The monoisotopic (exact) mass is 499 g/mol. The summed E-state index contributed by atoms with van der Waals surface area (Å²) in [5.41, 5.74) is 2.95. The minimum Gasteiger partial charge on any atom is -0.497 e. The van der Waals surface area contributed by atoms with Gasteiger partial charge in [0.25, 0.3) is 17.7 Å². The molecular weight excluding hydrogens is 470 g/mol. The Kier molecular flexibility index (Phi) is 6.92. The van der Waals surface area contributed by atoms with Gasteiger partial charge in [-0.2, -0.15) is 0 Å². The molecule has 2 aliphatic heterocycles. The van der Waals surface area contributed by atoms with Crippen molar-refractivity contribution in [3.63, 3.8) is 0 Å². The molecule has 3 aromatic carbocycles. The Hall–Kier alpha value is -4.17. The van der Waals surface area contributed by atoms with Crippen LogP contribution in [0.2, 0.25) is 0 Å². The van der Waals surface area contributed by atoms with E-state index in [1.807, 2.05) is 48.5 Å². The van der Waals surface area contributed by atoms with Gasteiger partial charge in [-0.25, -0.2) is 0 Å². The van der Waals surface area contributed by atoms with Gasteiger partial charge in [0.15, 0.2) is 0 Å². The van der Waals surface area contributed by atoms with Gasteiger partial charge in [0, 0.05) is 43.9 Å². The van der Waals surface area contributed by atoms with Crippen LogP contribution in [0.15, 0.2) is 66.7 Å². The third-order valence-corrected chi connectivity index (χ3v) is 6.94. The molecule has 0 bridgehead atoms. The summed E-state index contributed by atoms with van der Waals surface area (Å²) in [4.78, 5) is 44.5. The summed E-state index contributed by atoms with van der Waals surface area (Å²) in [5.74, 6) is 0.748. The van der Waals surface area contributed by atoms with Crippen molar-refractivity contribution in [3.8, 4) is 11.5 Å². The molecule has 8 heteroatoms. The molecular formula is C29H29N3O5. The molecule has 0 atom stereocenters. The van der Waals surface area contributed by atoms with E-state index in [-0.39, 0.29) is 29.8 Å². The van der Waals surface area contributed by atoms with Crippen LogP contribution in [-0.4, -0.2) is 72.8 Å². The van der Waals surface area contributed by atoms with Gasteiger partial charge in [-0.1, -0.05) is 30.3 Å². The normalized spacial score (nSPS) is 15.6. The Morgan fingerprint density at radius 2 is 1.51 bits per heavy atom. The van der Waals surface area contributed by atoms with Gasteiger partial charge in [0.2, 0.25) is 0 Å². The lowest BCUT2D eigenvalue weighted by atomic mass is 10.0. The number of nitrogens with zero attached hydrogens (tertiary/aromatic N) is 3. The zero-order chi connectivity index (χ0) is 25.9. The van der Waals surface area contributed by atoms with Crippen LogP contribution in [0.3, 0.4) is 0 Å². The highest BCUT2D eigenvalue weighted by molar-refractivity contribution is 6.22. The second-order valence-corrected chi connectivity index (χ2v) is 9.19. The Bertz CT molecular complexity index is 1330. The summed E-state index contributed by atoms with van der Waals surface area (Å²) >= 11 is 0. The van der Waals surface area contributed by atoms with Crippen molar-refractivity contribution >= 4 is 17.7 Å². The second kappa shape index (κ2) is 10.4. The molecule has 0 spiro atoms. The van der Waals surface area contributed by atoms with Crippen molar-refractivity contribution in [3.05, 3.63) is 94.5 Å². The van der Waals surface area contributed by atoms with Crippen LogP contribution in [0.4, 0.5) is 0 Å². The third-order valence-electron chi connectivity index (χ3n) is 6.94. The maximum Gasteiger partial charge on any atom is 0.261 e. The predicted molar refractivity (Wildman–Crippen MR) is 138 cm³/mol. The average Bonchev–Trinajstić information content (AvgIpc) is 3.17. The third kappa shape index (κ3) is 4.93. The first-order chi connectivity index (χ1) is 18.0. The van der Waals surface area contributed by atoms with E-state index in [0.717, 1.165) is 22.6 Å². The molecule has 2 aliphatic rings. The van der Waals surface area contributed by atoms with Crippen LogP contribution in [0.5, 0.6) is 11.5 Å². The highest BCUT2D eigenvalue weighted by atomic mass is 16.5. The van der Waals surface area contributed by atoms with E-state index in [1.54, 1.807) is 37.3 Å². The van der Waals surface area contributed by atoms with Crippen molar-refractivity contribution in [2.75, 3.05) is 40.4 Å². The molecule has 1 saturated heterocycles. The number of fused-ring (bicyclic) bond motifs is 1. The minimum absolute atomic E-state index is 0.136. The summed E-state index contributed by atoms with van der Waals surface area (Å²) in [6, 6.07) is 19.9. The largest absolute Gasteiger partial charge is 0.497 e. The molecule has 0 N–H and O–H groups in total. The Balaban J connectivity index is 1.24. The lowest BCUT2D eigenvalue weighted by Gasteiger charge is -2.35. The van der Waals surface area contributed by atoms with Crippen molar-refractivity contribution in [1.82, 2.24) is 14.7 Å². The fraction of sp³-hybridized carbons (Fsp3) is 0.276. The molecule has 0 aliphatic carbocycles. The van der Waals surface area contributed by atoms with E-state index in [4.69, 9.17) is 9.47 Å². The Morgan fingerprint density at radius 3 is 2.22 bits per heavy atom. The summed E-state index contributed by atoms with van der Waals surface area (Å²) < 4.78 is 10.8. The first kappa shape index (κ1) is 24.5. The highest BCUT2D eigenvalue weighted by Gasteiger charge is 2.36. The molecule has 8 nitrogen and oxygen atoms in total. The van der Waals surface area contributed by atoms with Gasteiger partial charge in [-0.05, 0) is 42.0 Å². The van der Waals surface area contributed by atoms with Gasteiger partial charge < -0.3 is 14.4 Å². The SMILES string of the molecule is COc1ccc(OC)c(CN2CCN(C(=O)c3ccc4c(c3)C(=O)N(Cc3ccccc3)C4=O)CC2)c1. The Morgan fingerprint density at radius 1 is 0.784 bits per heavy atom. The summed E-state index contributed by atoms with van der Waals surface area (Å²) in [5, 5.41) is 0. The van der Waals surface area contributed by atoms with E-state index in [0.29, 0.717) is 43.9 Å². The lowest BCUT2D eigenvalue weighted by Crippen LogP contribution is -2.48. The van der Waals surface area contributed by atoms with Gasteiger partial charge >= 0.3 is 0 Å². The molecule has 190 valence electrons. The number of piperazine rings is 1. The van der Waals surface area contributed by atoms with Gasteiger partial charge in [-0.3, -0.25) is 24.2 Å². The molecule has 3 amide bonds. The van der Waals surface area contributed by atoms with E-state index in [2.05, 4.69) is 4.90 Å². The molecule has 0 radical (unpaired) electrons. The zero-order valence-corrected chi connectivity index (χ0v) is 21.0. The quantitative estimate of drug-likeness (QED) is 0.464. The standard InChI is InChI=1S/C29H29N3O5/c1-36-23-9-11-26(37-2)22(16-23)19-30-12-14-31(15-13-30)27(33)21-8-10-24-25(17-21)29(35)32(28(24)34)18-20-6-4-3-5-7-20/h3-11,16-17H,12-15,18-19H2,1-2H3. The second-order valence-electron chi connectivity index (χ2n) is 9.19. The number of ether oxygens (including phenoxy) is 2. The number of benzene rings is 3. The van der Waals surface area contributed by atoms with Crippen molar-refractivity contribution in [1.29, 1.82) is 0 Å². The molecule has 0 unspecified atom stereocenters. The fourth-order valence-corrected chi connectivity index (χ4v) is 4.87. The van der Waals surface area contributed by atoms with E-state index >= 15 is 0 Å². The van der Waals surface area contributed by atoms with Crippen LogP contribution < -0.4 is 9.47 Å². The summed E-state index contributed by atoms with van der Waals surface area (Å²) in [6.07, 6.45) is 0. The van der Waals surface area contributed by atoms with Crippen LogP contribution in [0.1, 0.15) is 42.2 Å². The lowest BCUT2D eigenvalue weighted by molar-refractivity contribution is 0.0625. The summed E-state index contributed by atoms with van der Waals surface area (Å²) in [7, 11) is 3.29. The predicted octanol–water partition coefficient (Wildman–Crippen LogP) is 3.46. The average molecular weight is 500 g/mol. The van der Waals surface area contributed by atoms with Crippen LogP contribution >= 0.6 is 0 Å². The molecule has 1 fully saturated rings. The minimum atomic E-state index is -0.365. The number of amides is 3. The van der Waals surface area contributed by atoms with Crippen LogP contribution in [0, 0.1) is 0 Å². The molecule has 0 saturated carbocycles. The maximum atomic E-state index is 13.3. The molecule has 0 aromatic heterocycles. The highest BCUT2D eigenvalue weighted by Crippen LogP contribution is 2.28. The van der Waals surface area contributed by atoms with E-state index in [1.165, 1.54) is 4.90 Å². The number of carbonyl (C=O) groups excluding carboxylic acids is 3. The molecule has 2 heterocycles. The number of rotatable bonds is 7. The van der Waals surface area contributed by atoms with Gasteiger partial charge in [0.1, 0.15) is 11.5 Å². The number of imide groups is 1. The molecule has 37 heavy (non-hydrogen) atoms. The first-order valence-electron chi connectivity index (χ1n) is 12.2. The molecule has 5 rings (SSSR count). The van der Waals surface area contributed by atoms with E-state index in [9.17, 15) is 14.4 Å². The van der Waals surface area contributed by atoms with Crippen molar-refractivity contribution in [2.24, 2.45) is 0 Å². The zero-order valence-electron chi connectivity index (χ0n) is 21.0. The fourth-order valence-electron chi connectivity index (χ4n) is 4.87. The van der Waals surface area contributed by atoms with Gasteiger partial charge in [-0.15, -0.1) is 0 Å². The van der Waals surface area contributed by atoms with Gasteiger partial charge in [0.05, 0.1) is 31.9 Å². The first-order valence-corrected chi connectivity index (χ1v) is 12.2. The number of methoxy groups -OCH3 is 2. The number of carbonyl (C=O) groups is 3. The number of hydrogen-bond acceptors (Lipinski definition) is 6. The van der Waals surface area contributed by atoms with Crippen LogP contribution in [-0.2, 0) is 13.1 Å². The van der Waals surface area contributed by atoms with Crippen molar-refractivity contribution < 1.29 is 23.9 Å². The topological polar surface area (TPSA) is 79.4 Å². The molecule has 3 aromatic rings. The smallest absolute Gasteiger partial charge is 0.261 e. The Labute approximate surface area is 216 Å². The summed E-state index contributed by atoms with van der Waals surface area (Å²) in [6.45, 7) is 3.44. The van der Waals surface area contributed by atoms with Crippen LogP contribution in [0.25, 0.3) is 0 Å². The number of hydrogen-bond donors (Lipinski definition) is 0.